The average molecular weight is 352 g/mol. The molecule has 1 unspecified atom stereocenters. The second kappa shape index (κ2) is 11.1. The third-order valence-electron chi connectivity index (χ3n) is 4.64. The summed E-state index contributed by atoms with van der Waals surface area (Å²) in [7, 11) is 4.30. The number of aromatic nitrogens is 1. The van der Waals surface area contributed by atoms with E-state index in [1.807, 2.05) is 6.07 Å². The molecule has 0 saturated carbocycles. The average Bonchev–Trinajstić information content (AvgIpc) is 3.05. The Labute approximate surface area is 153 Å². The molecule has 1 heterocycles. The Hall–Kier alpha value is -1.56. The first-order chi connectivity index (χ1) is 11.9. The van der Waals surface area contributed by atoms with Crippen LogP contribution in [0.25, 0.3) is 0 Å². The Kier molecular flexibility index (Phi) is 9.57. The highest BCUT2D eigenvalue weighted by atomic mass is 16.5. The molecule has 0 aliphatic rings. The van der Waals surface area contributed by atoms with Crippen molar-refractivity contribution in [3.05, 3.63) is 17.5 Å². The summed E-state index contributed by atoms with van der Waals surface area (Å²) >= 11 is 0. The van der Waals surface area contributed by atoms with Gasteiger partial charge in [0.1, 0.15) is 6.54 Å². The molecule has 0 aliphatic carbocycles. The quantitative estimate of drug-likeness (QED) is 0.500. The highest BCUT2D eigenvalue weighted by Gasteiger charge is 2.20. The van der Waals surface area contributed by atoms with E-state index in [-0.39, 0.29) is 0 Å². The van der Waals surface area contributed by atoms with Crippen molar-refractivity contribution in [1.82, 2.24) is 20.7 Å². The zero-order valence-corrected chi connectivity index (χ0v) is 17.1. The molecule has 6 nitrogen and oxygen atoms in total. The number of nitrogens with zero attached hydrogens (tertiary/aromatic N) is 3. The van der Waals surface area contributed by atoms with E-state index in [2.05, 4.69) is 74.4 Å². The van der Waals surface area contributed by atoms with Gasteiger partial charge in [0.15, 0.2) is 11.7 Å². The first-order valence-electron chi connectivity index (χ1n) is 9.56. The number of likely N-dealkylation sites (N-methyl/N-ethyl adjacent to an activating group) is 1. The molecule has 0 aromatic carbocycles. The van der Waals surface area contributed by atoms with E-state index in [1.54, 1.807) is 0 Å². The minimum atomic E-state index is 0.369. The summed E-state index contributed by atoms with van der Waals surface area (Å²) < 4.78 is 5.37. The summed E-state index contributed by atoms with van der Waals surface area (Å²) in [6.07, 6.45) is 2.37. The van der Waals surface area contributed by atoms with Crippen LogP contribution in [0, 0.1) is 5.92 Å². The summed E-state index contributed by atoms with van der Waals surface area (Å²) in [6.45, 7) is 13.0. The molecule has 1 aromatic rings. The maximum Gasteiger partial charge on any atom is 0.191 e. The van der Waals surface area contributed by atoms with Crippen LogP contribution in [0.5, 0.6) is 0 Å². The van der Waals surface area contributed by atoms with Crippen molar-refractivity contribution in [2.45, 2.75) is 66.0 Å². The zero-order valence-electron chi connectivity index (χ0n) is 17.1. The predicted molar refractivity (Wildman–Crippen MR) is 105 cm³/mol. The van der Waals surface area contributed by atoms with Crippen LogP contribution in [-0.2, 0) is 6.54 Å². The molecule has 0 bridgehead atoms. The van der Waals surface area contributed by atoms with Crippen LogP contribution in [0.1, 0.15) is 64.8 Å². The monoisotopic (exact) mass is 351 g/mol. The summed E-state index contributed by atoms with van der Waals surface area (Å²) in [5.41, 5.74) is 0.976. The van der Waals surface area contributed by atoms with Gasteiger partial charge < -0.3 is 20.1 Å². The number of hydrogen-bond acceptors (Lipinski definition) is 4. The molecule has 25 heavy (non-hydrogen) atoms. The third kappa shape index (κ3) is 7.06. The van der Waals surface area contributed by atoms with Crippen LogP contribution in [-0.4, -0.2) is 49.2 Å². The third-order valence-corrected chi connectivity index (χ3v) is 4.64. The van der Waals surface area contributed by atoms with Crippen molar-refractivity contribution in [2.75, 3.05) is 27.2 Å². The van der Waals surface area contributed by atoms with Crippen LogP contribution < -0.4 is 10.6 Å². The lowest BCUT2D eigenvalue weighted by atomic mass is 9.93. The van der Waals surface area contributed by atoms with Gasteiger partial charge in [0, 0.05) is 25.2 Å². The molecular formula is C19H37N5O. The van der Waals surface area contributed by atoms with E-state index >= 15 is 0 Å². The maximum absolute atomic E-state index is 5.37. The van der Waals surface area contributed by atoms with Gasteiger partial charge in [-0.05, 0) is 32.9 Å². The van der Waals surface area contributed by atoms with Gasteiger partial charge in [0.25, 0.3) is 0 Å². The lowest BCUT2D eigenvalue weighted by molar-refractivity contribution is 0.200. The largest absolute Gasteiger partial charge is 0.359 e. The summed E-state index contributed by atoms with van der Waals surface area (Å²) in [6, 6.07) is 2.47. The lowest BCUT2D eigenvalue weighted by Gasteiger charge is -2.32. The van der Waals surface area contributed by atoms with Crippen LogP contribution >= 0.6 is 0 Å². The predicted octanol–water partition coefficient (Wildman–Crippen LogP) is 3.22. The van der Waals surface area contributed by atoms with E-state index in [1.165, 1.54) is 12.8 Å². The van der Waals surface area contributed by atoms with Crippen molar-refractivity contribution >= 4 is 5.96 Å². The number of rotatable bonds is 10. The fourth-order valence-corrected chi connectivity index (χ4v) is 2.98. The Balaban J connectivity index is 2.70. The molecule has 6 heteroatoms. The van der Waals surface area contributed by atoms with Crippen molar-refractivity contribution < 1.29 is 4.52 Å². The lowest BCUT2D eigenvalue weighted by Crippen LogP contribution is -2.48. The van der Waals surface area contributed by atoms with Crippen molar-refractivity contribution in [1.29, 1.82) is 0 Å². The van der Waals surface area contributed by atoms with Gasteiger partial charge in [0.05, 0.1) is 5.69 Å². The number of aliphatic imine (C=N–C) groups is 1. The molecule has 144 valence electrons. The Morgan fingerprint density at radius 1 is 1.20 bits per heavy atom. The van der Waals surface area contributed by atoms with E-state index < -0.39 is 0 Å². The van der Waals surface area contributed by atoms with Gasteiger partial charge in [0.2, 0.25) is 0 Å². The van der Waals surface area contributed by atoms with E-state index in [9.17, 15) is 0 Å². The number of nitrogens with one attached hydrogen (secondary N) is 2. The van der Waals surface area contributed by atoms with Gasteiger partial charge in [-0.3, -0.25) is 0 Å². The Morgan fingerprint density at radius 2 is 1.88 bits per heavy atom. The van der Waals surface area contributed by atoms with E-state index in [0.29, 0.717) is 24.4 Å². The van der Waals surface area contributed by atoms with E-state index in [4.69, 9.17) is 4.52 Å². The van der Waals surface area contributed by atoms with Gasteiger partial charge in [-0.15, -0.1) is 0 Å². The molecule has 0 radical (unpaired) electrons. The van der Waals surface area contributed by atoms with E-state index in [0.717, 1.165) is 30.5 Å². The standard InChI is InChI=1S/C19H37N5O/c1-8-15(9-2)18(24(6)7)13-22-19(20-10-3)21-12-16-11-17(14(4)5)23-25-16/h11,14-15,18H,8-10,12-13H2,1-7H3,(H2,20,21,22). The van der Waals surface area contributed by atoms with Crippen LogP contribution in [0.15, 0.2) is 15.6 Å². The smallest absolute Gasteiger partial charge is 0.191 e. The van der Waals surface area contributed by atoms with Crippen molar-refractivity contribution in [2.24, 2.45) is 10.9 Å². The Morgan fingerprint density at radius 3 is 2.36 bits per heavy atom. The van der Waals surface area contributed by atoms with Gasteiger partial charge in [-0.2, -0.15) is 0 Å². The van der Waals surface area contributed by atoms with Gasteiger partial charge in [-0.25, -0.2) is 4.99 Å². The second-order valence-corrected chi connectivity index (χ2v) is 7.06. The highest BCUT2D eigenvalue weighted by molar-refractivity contribution is 5.79. The SMILES string of the molecule is CCNC(=NCc1cc(C(C)C)no1)NCC(C(CC)CC)N(C)C. The molecule has 0 fully saturated rings. The number of hydrogen-bond donors (Lipinski definition) is 2. The maximum atomic E-state index is 5.37. The highest BCUT2D eigenvalue weighted by Crippen LogP contribution is 2.16. The summed E-state index contributed by atoms with van der Waals surface area (Å²) in [5, 5.41) is 10.9. The van der Waals surface area contributed by atoms with Gasteiger partial charge in [-0.1, -0.05) is 45.7 Å². The molecule has 2 N–H and O–H groups in total. The fraction of sp³-hybridized carbons (Fsp3) is 0.789. The van der Waals surface area contributed by atoms with Crippen LogP contribution in [0.4, 0.5) is 0 Å². The van der Waals surface area contributed by atoms with Gasteiger partial charge >= 0.3 is 0 Å². The molecule has 1 aromatic heterocycles. The summed E-state index contributed by atoms with van der Waals surface area (Å²) in [4.78, 5) is 6.95. The minimum Gasteiger partial charge on any atom is -0.359 e. The van der Waals surface area contributed by atoms with Crippen molar-refractivity contribution in [3.63, 3.8) is 0 Å². The topological polar surface area (TPSA) is 65.7 Å². The molecule has 0 aliphatic heterocycles. The molecule has 1 atom stereocenters. The summed E-state index contributed by atoms with van der Waals surface area (Å²) in [5.74, 6) is 2.66. The molecular weight excluding hydrogens is 314 g/mol. The molecule has 0 spiro atoms. The van der Waals surface area contributed by atoms with Crippen LogP contribution in [0.3, 0.4) is 0 Å². The van der Waals surface area contributed by atoms with Crippen LogP contribution in [0.2, 0.25) is 0 Å². The minimum absolute atomic E-state index is 0.369. The molecule has 0 saturated heterocycles. The zero-order chi connectivity index (χ0) is 18.8. The second-order valence-electron chi connectivity index (χ2n) is 7.06. The first-order valence-corrected chi connectivity index (χ1v) is 9.56. The number of guanidine groups is 1. The normalized spacial score (nSPS) is 13.8. The Bertz CT molecular complexity index is 506. The first kappa shape index (κ1) is 21.5. The molecule has 0 amide bonds. The van der Waals surface area contributed by atoms with Crippen molar-refractivity contribution in [3.8, 4) is 0 Å². The fourth-order valence-electron chi connectivity index (χ4n) is 2.98. The molecule has 1 rings (SSSR count).